The molecule has 8 nitrogen and oxygen atoms in total. The lowest BCUT2D eigenvalue weighted by atomic mass is 10.1. The minimum Gasteiger partial charge on any atom is -0.507 e. The van der Waals surface area contributed by atoms with Crippen LogP contribution in [-0.4, -0.2) is 77.9 Å². The van der Waals surface area contributed by atoms with Gasteiger partial charge < -0.3 is 19.6 Å². The first-order chi connectivity index (χ1) is 13.9. The van der Waals surface area contributed by atoms with Gasteiger partial charge in [-0.25, -0.2) is 0 Å². The quantitative estimate of drug-likeness (QED) is 0.707. The Morgan fingerprint density at radius 2 is 1.93 bits per heavy atom. The number of morpholine rings is 1. The molecule has 3 amide bonds. The molecule has 1 aromatic carbocycles. The number of benzene rings is 1. The smallest absolute Gasteiger partial charge is 0.294 e. The molecule has 1 aromatic rings. The normalized spacial score (nSPS) is 18.6. The lowest BCUT2D eigenvalue weighted by Gasteiger charge is -2.28. The van der Waals surface area contributed by atoms with Crippen LogP contribution in [0.25, 0.3) is 6.08 Å². The van der Waals surface area contributed by atoms with Crippen LogP contribution in [0.2, 0.25) is 0 Å². The fourth-order valence-electron chi connectivity index (χ4n) is 3.27. The highest BCUT2D eigenvalue weighted by atomic mass is 32.2. The highest BCUT2D eigenvalue weighted by Crippen LogP contribution is 2.34. The van der Waals surface area contributed by atoms with Crippen molar-refractivity contribution < 1.29 is 24.2 Å². The van der Waals surface area contributed by atoms with E-state index in [-0.39, 0.29) is 23.1 Å². The van der Waals surface area contributed by atoms with E-state index in [0.29, 0.717) is 31.9 Å². The molecule has 2 saturated heterocycles. The number of imide groups is 1. The summed E-state index contributed by atoms with van der Waals surface area (Å²) in [5, 5.41) is 9.88. The number of rotatable bonds is 6. The molecule has 29 heavy (non-hydrogen) atoms. The zero-order valence-corrected chi connectivity index (χ0v) is 17.4. The number of anilines is 1. The van der Waals surface area contributed by atoms with Gasteiger partial charge in [0.1, 0.15) is 12.3 Å². The summed E-state index contributed by atoms with van der Waals surface area (Å²) in [4.78, 5) is 42.1. The van der Waals surface area contributed by atoms with E-state index in [1.54, 1.807) is 17.0 Å². The van der Waals surface area contributed by atoms with E-state index in [0.717, 1.165) is 35.4 Å². The monoisotopic (exact) mass is 419 g/mol. The van der Waals surface area contributed by atoms with Crippen LogP contribution in [0, 0.1) is 0 Å². The molecule has 1 N–H and O–H groups in total. The van der Waals surface area contributed by atoms with Crippen molar-refractivity contribution in [3.05, 3.63) is 28.7 Å². The van der Waals surface area contributed by atoms with Gasteiger partial charge in [-0.15, -0.1) is 0 Å². The van der Waals surface area contributed by atoms with Gasteiger partial charge >= 0.3 is 0 Å². The third kappa shape index (κ3) is 4.73. The molecule has 0 saturated carbocycles. The Morgan fingerprint density at radius 3 is 2.55 bits per heavy atom. The number of ether oxygens (including phenoxy) is 1. The van der Waals surface area contributed by atoms with Gasteiger partial charge in [-0.3, -0.25) is 19.3 Å². The lowest BCUT2D eigenvalue weighted by molar-refractivity contribution is -0.139. The number of aromatic hydroxyl groups is 1. The van der Waals surface area contributed by atoms with E-state index in [1.807, 2.05) is 19.9 Å². The molecule has 3 rings (SSSR count). The highest BCUT2D eigenvalue weighted by Gasteiger charge is 2.37. The first-order valence-electron chi connectivity index (χ1n) is 9.63. The van der Waals surface area contributed by atoms with Crippen LogP contribution in [0.15, 0.2) is 23.1 Å². The van der Waals surface area contributed by atoms with Gasteiger partial charge in [0.05, 0.1) is 18.1 Å². The van der Waals surface area contributed by atoms with E-state index < -0.39 is 11.1 Å². The molecule has 156 valence electrons. The second-order valence-corrected chi connectivity index (χ2v) is 7.67. The second kappa shape index (κ2) is 9.32. The molecule has 0 spiro atoms. The summed E-state index contributed by atoms with van der Waals surface area (Å²) < 4.78 is 5.21. The predicted octanol–water partition coefficient (Wildman–Crippen LogP) is 2.13. The van der Waals surface area contributed by atoms with Gasteiger partial charge in [-0.05, 0) is 43.8 Å². The number of nitrogens with zero attached hydrogens (tertiary/aromatic N) is 3. The molecule has 2 aliphatic heterocycles. The van der Waals surface area contributed by atoms with Crippen molar-refractivity contribution in [1.29, 1.82) is 0 Å². The molecular weight excluding hydrogens is 394 g/mol. The van der Waals surface area contributed by atoms with Crippen LogP contribution in [0.5, 0.6) is 5.75 Å². The summed E-state index contributed by atoms with van der Waals surface area (Å²) in [6.07, 6.45) is 1.49. The number of hydrogen-bond donors (Lipinski definition) is 1. The maximum absolute atomic E-state index is 12.6. The first kappa shape index (κ1) is 21.2. The number of phenols is 1. The predicted molar refractivity (Wildman–Crippen MR) is 112 cm³/mol. The number of phenolic OH excluding ortho intramolecular Hbond substituents is 1. The maximum atomic E-state index is 12.6. The standard InChI is InChI=1S/C20H25N3O5S/c1-3-21(4-2)15-6-5-14(16(24)12-15)11-17-19(26)23(20(27)29-17)13-18(25)22-7-9-28-10-8-22/h5-6,11-12,24H,3-4,7-10,13H2,1-2H3/b17-11-. The fraction of sp³-hybridized carbons (Fsp3) is 0.450. The van der Waals surface area contributed by atoms with E-state index in [2.05, 4.69) is 4.90 Å². The van der Waals surface area contributed by atoms with Crippen molar-refractivity contribution in [2.24, 2.45) is 0 Å². The number of hydrogen-bond acceptors (Lipinski definition) is 7. The van der Waals surface area contributed by atoms with Crippen molar-refractivity contribution in [1.82, 2.24) is 9.80 Å². The SMILES string of the molecule is CCN(CC)c1ccc(/C=C2\SC(=O)N(CC(=O)N3CCOCC3)C2=O)c(O)c1. The van der Waals surface area contributed by atoms with E-state index in [9.17, 15) is 19.5 Å². The van der Waals surface area contributed by atoms with Crippen molar-refractivity contribution >= 4 is 40.6 Å². The molecule has 0 bridgehead atoms. The van der Waals surface area contributed by atoms with Crippen molar-refractivity contribution in [3.8, 4) is 5.75 Å². The Morgan fingerprint density at radius 1 is 1.24 bits per heavy atom. The first-order valence-corrected chi connectivity index (χ1v) is 10.4. The van der Waals surface area contributed by atoms with Crippen LogP contribution >= 0.6 is 11.8 Å². The summed E-state index contributed by atoms with van der Waals surface area (Å²) >= 11 is 0.775. The molecule has 0 atom stereocenters. The topological polar surface area (TPSA) is 90.4 Å². The van der Waals surface area contributed by atoms with Gasteiger partial charge in [0.15, 0.2) is 0 Å². The van der Waals surface area contributed by atoms with Gasteiger partial charge in [0.25, 0.3) is 11.1 Å². The van der Waals surface area contributed by atoms with Crippen LogP contribution in [0.4, 0.5) is 10.5 Å². The van der Waals surface area contributed by atoms with Crippen molar-refractivity contribution in [3.63, 3.8) is 0 Å². The summed E-state index contributed by atoms with van der Waals surface area (Å²) in [5.41, 5.74) is 1.33. The maximum Gasteiger partial charge on any atom is 0.294 e. The molecule has 0 unspecified atom stereocenters. The molecule has 2 fully saturated rings. The van der Waals surface area contributed by atoms with E-state index in [4.69, 9.17) is 4.74 Å². The minimum absolute atomic E-state index is 0.0330. The third-order valence-electron chi connectivity index (χ3n) is 4.96. The molecule has 0 aliphatic carbocycles. The van der Waals surface area contributed by atoms with Crippen molar-refractivity contribution in [2.45, 2.75) is 13.8 Å². The number of carbonyl (C=O) groups excluding carboxylic acids is 3. The van der Waals surface area contributed by atoms with Crippen LogP contribution < -0.4 is 4.90 Å². The third-order valence-corrected chi connectivity index (χ3v) is 5.87. The van der Waals surface area contributed by atoms with Crippen LogP contribution in [0.3, 0.4) is 0 Å². The molecule has 2 heterocycles. The van der Waals surface area contributed by atoms with Gasteiger partial charge in [-0.2, -0.15) is 0 Å². The Bertz CT molecular complexity index is 831. The zero-order chi connectivity index (χ0) is 21.0. The van der Waals surface area contributed by atoms with Crippen molar-refractivity contribution in [2.75, 3.05) is 50.8 Å². The van der Waals surface area contributed by atoms with E-state index in [1.165, 1.54) is 6.08 Å². The largest absolute Gasteiger partial charge is 0.507 e. The fourth-order valence-corrected chi connectivity index (χ4v) is 4.09. The zero-order valence-electron chi connectivity index (χ0n) is 16.6. The minimum atomic E-state index is -0.520. The molecular formula is C20H25N3O5S. The summed E-state index contributed by atoms with van der Waals surface area (Å²) in [6, 6.07) is 5.23. The van der Waals surface area contributed by atoms with Crippen LogP contribution in [0.1, 0.15) is 19.4 Å². The number of thioether (sulfide) groups is 1. The summed E-state index contributed by atoms with van der Waals surface area (Å²) in [6.45, 7) is 7.22. The molecule has 0 radical (unpaired) electrons. The average molecular weight is 420 g/mol. The second-order valence-electron chi connectivity index (χ2n) is 6.68. The Kier molecular flexibility index (Phi) is 6.81. The van der Waals surface area contributed by atoms with Gasteiger partial charge in [-0.1, -0.05) is 0 Å². The number of carbonyl (C=O) groups is 3. The van der Waals surface area contributed by atoms with Gasteiger partial charge in [0, 0.05) is 43.5 Å². The molecule has 2 aliphatic rings. The van der Waals surface area contributed by atoms with Crippen LogP contribution in [-0.2, 0) is 14.3 Å². The average Bonchev–Trinajstić information content (AvgIpc) is 2.99. The lowest BCUT2D eigenvalue weighted by Crippen LogP contribution is -2.46. The summed E-state index contributed by atoms with van der Waals surface area (Å²) in [7, 11) is 0. The van der Waals surface area contributed by atoms with E-state index >= 15 is 0 Å². The Hall–Kier alpha value is -2.52. The highest BCUT2D eigenvalue weighted by molar-refractivity contribution is 8.18. The molecule has 0 aromatic heterocycles. The summed E-state index contributed by atoms with van der Waals surface area (Å²) in [5.74, 6) is -0.761. The Balaban J connectivity index is 1.73. The Labute approximate surface area is 174 Å². The van der Waals surface area contributed by atoms with Gasteiger partial charge in [0.2, 0.25) is 5.91 Å². The number of amides is 3. The molecule has 9 heteroatoms.